The Morgan fingerprint density at radius 2 is 2.10 bits per heavy atom. The minimum absolute atomic E-state index is 0.0982. The van der Waals surface area contributed by atoms with Crippen molar-refractivity contribution in [1.82, 2.24) is 4.90 Å². The van der Waals surface area contributed by atoms with Crippen molar-refractivity contribution in [2.45, 2.75) is 26.2 Å². The van der Waals surface area contributed by atoms with Crippen LogP contribution < -0.4 is 10.1 Å². The lowest BCUT2D eigenvalue weighted by atomic mass is 9.98. The number of hydrogen-bond donors (Lipinski definition) is 2. The summed E-state index contributed by atoms with van der Waals surface area (Å²) in [4.78, 5) is 14.1. The third kappa shape index (κ3) is 4.36. The summed E-state index contributed by atoms with van der Waals surface area (Å²) >= 11 is 0. The van der Waals surface area contributed by atoms with Gasteiger partial charge in [-0.05, 0) is 37.3 Å². The van der Waals surface area contributed by atoms with Gasteiger partial charge in [-0.1, -0.05) is 19.1 Å². The molecule has 1 fully saturated rings. The van der Waals surface area contributed by atoms with Crippen molar-refractivity contribution in [3.63, 3.8) is 0 Å². The number of nitrogens with zero attached hydrogens (tertiary/aromatic N) is 1. The lowest BCUT2D eigenvalue weighted by Crippen LogP contribution is -2.41. The SMILES string of the molecule is CCCOc1ccccc1NC(=O)N1CCC(CO)CC1. The predicted molar refractivity (Wildman–Crippen MR) is 82.6 cm³/mol. The van der Waals surface area contributed by atoms with Gasteiger partial charge in [-0.2, -0.15) is 0 Å². The molecule has 5 heteroatoms. The molecule has 1 heterocycles. The van der Waals surface area contributed by atoms with E-state index in [9.17, 15) is 4.79 Å². The molecule has 2 N–H and O–H groups in total. The van der Waals surface area contributed by atoms with Crippen molar-refractivity contribution in [2.75, 3.05) is 31.6 Å². The molecule has 0 saturated carbocycles. The van der Waals surface area contributed by atoms with Crippen LogP contribution in [0.3, 0.4) is 0 Å². The van der Waals surface area contributed by atoms with Crippen LogP contribution >= 0.6 is 0 Å². The van der Waals surface area contributed by atoms with Gasteiger partial charge in [0.15, 0.2) is 0 Å². The van der Waals surface area contributed by atoms with E-state index in [0.29, 0.717) is 37.1 Å². The molecule has 2 rings (SSSR count). The van der Waals surface area contributed by atoms with Crippen molar-refractivity contribution in [1.29, 1.82) is 0 Å². The Kier molecular flexibility index (Phi) is 5.87. The monoisotopic (exact) mass is 292 g/mol. The third-order valence-corrected chi connectivity index (χ3v) is 3.75. The van der Waals surface area contributed by atoms with Gasteiger partial charge >= 0.3 is 6.03 Å². The Labute approximate surface area is 125 Å². The second kappa shape index (κ2) is 7.88. The standard InChI is InChI=1S/C16H24N2O3/c1-2-11-21-15-6-4-3-5-14(15)17-16(20)18-9-7-13(12-19)8-10-18/h3-6,13,19H,2,7-12H2,1H3,(H,17,20). The maximum absolute atomic E-state index is 12.3. The Hall–Kier alpha value is -1.75. The van der Waals surface area contributed by atoms with Gasteiger partial charge < -0.3 is 20.1 Å². The van der Waals surface area contributed by atoms with Crippen LogP contribution in [0.5, 0.6) is 5.75 Å². The number of benzene rings is 1. The van der Waals surface area contributed by atoms with Gasteiger partial charge in [-0.3, -0.25) is 0 Å². The quantitative estimate of drug-likeness (QED) is 0.877. The number of para-hydroxylation sites is 2. The van der Waals surface area contributed by atoms with E-state index in [2.05, 4.69) is 5.32 Å². The summed E-state index contributed by atoms with van der Waals surface area (Å²) in [6, 6.07) is 7.39. The molecule has 21 heavy (non-hydrogen) atoms. The smallest absolute Gasteiger partial charge is 0.321 e. The number of piperidine rings is 1. The van der Waals surface area contributed by atoms with E-state index in [4.69, 9.17) is 9.84 Å². The Morgan fingerprint density at radius 3 is 2.76 bits per heavy atom. The van der Waals surface area contributed by atoms with Gasteiger partial charge in [0.25, 0.3) is 0 Å². The molecule has 0 unspecified atom stereocenters. The summed E-state index contributed by atoms with van der Waals surface area (Å²) in [5.41, 5.74) is 0.709. The normalized spacial score (nSPS) is 15.8. The van der Waals surface area contributed by atoms with Crippen molar-refractivity contribution in [2.24, 2.45) is 5.92 Å². The molecule has 1 aromatic carbocycles. The Bertz CT molecular complexity index is 457. The molecule has 0 aromatic heterocycles. The average Bonchev–Trinajstić information content (AvgIpc) is 2.54. The lowest BCUT2D eigenvalue weighted by molar-refractivity contribution is 0.143. The molecule has 0 bridgehead atoms. The van der Waals surface area contributed by atoms with Crippen molar-refractivity contribution in [3.8, 4) is 5.75 Å². The molecular formula is C16H24N2O3. The van der Waals surface area contributed by atoms with Crippen LogP contribution in [0.25, 0.3) is 0 Å². The maximum atomic E-state index is 12.3. The Morgan fingerprint density at radius 1 is 1.38 bits per heavy atom. The molecule has 1 aliphatic heterocycles. The van der Waals surface area contributed by atoms with Crippen LogP contribution in [0, 0.1) is 5.92 Å². The van der Waals surface area contributed by atoms with Crippen molar-refractivity contribution >= 4 is 11.7 Å². The fraction of sp³-hybridized carbons (Fsp3) is 0.562. The zero-order valence-electron chi connectivity index (χ0n) is 12.5. The molecule has 0 spiro atoms. The molecule has 5 nitrogen and oxygen atoms in total. The molecule has 1 aliphatic rings. The minimum Gasteiger partial charge on any atom is -0.491 e. The van der Waals surface area contributed by atoms with E-state index in [1.807, 2.05) is 31.2 Å². The first-order chi connectivity index (χ1) is 10.2. The number of carbonyl (C=O) groups excluding carboxylic acids is 1. The number of urea groups is 1. The van der Waals surface area contributed by atoms with Gasteiger partial charge in [-0.15, -0.1) is 0 Å². The first kappa shape index (κ1) is 15.6. The zero-order chi connectivity index (χ0) is 15.1. The predicted octanol–water partition coefficient (Wildman–Crippen LogP) is 2.71. The number of anilines is 1. The summed E-state index contributed by atoms with van der Waals surface area (Å²) in [5, 5.41) is 12.1. The molecule has 0 aliphatic carbocycles. The van der Waals surface area contributed by atoms with E-state index in [1.165, 1.54) is 0 Å². The number of hydrogen-bond acceptors (Lipinski definition) is 3. The number of amides is 2. The summed E-state index contributed by atoms with van der Waals surface area (Å²) in [6.45, 7) is 4.27. The molecule has 0 atom stereocenters. The van der Waals surface area contributed by atoms with Gasteiger partial charge in [0, 0.05) is 19.7 Å². The van der Waals surface area contributed by atoms with Crippen molar-refractivity contribution < 1.29 is 14.6 Å². The first-order valence-electron chi connectivity index (χ1n) is 7.63. The first-order valence-corrected chi connectivity index (χ1v) is 7.63. The third-order valence-electron chi connectivity index (χ3n) is 3.75. The number of aliphatic hydroxyl groups excluding tert-OH is 1. The topological polar surface area (TPSA) is 61.8 Å². The van der Waals surface area contributed by atoms with Gasteiger partial charge in [-0.25, -0.2) is 4.79 Å². The highest BCUT2D eigenvalue weighted by molar-refractivity contribution is 5.91. The van der Waals surface area contributed by atoms with E-state index in [1.54, 1.807) is 4.90 Å². The Balaban J connectivity index is 1.93. The van der Waals surface area contributed by atoms with E-state index < -0.39 is 0 Å². The molecular weight excluding hydrogens is 268 g/mol. The van der Waals surface area contributed by atoms with Crippen LogP contribution in [0.4, 0.5) is 10.5 Å². The summed E-state index contributed by atoms with van der Waals surface area (Å²) in [5.74, 6) is 1.03. The fourth-order valence-corrected chi connectivity index (χ4v) is 2.42. The molecule has 0 radical (unpaired) electrons. The number of nitrogens with one attached hydrogen (secondary N) is 1. The summed E-state index contributed by atoms with van der Waals surface area (Å²) < 4.78 is 5.64. The van der Waals surface area contributed by atoms with E-state index >= 15 is 0 Å². The number of aliphatic hydroxyl groups is 1. The maximum Gasteiger partial charge on any atom is 0.321 e. The van der Waals surface area contributed by atoms with E-state index in [-0.39, 0.29) is 12.6 Å². The summed E-state index contributed by atoms with van der Waals surface area (Å²) in [7, 11) is 0. The second-order valence-corrected chi connectivity index (χ2v) is 5.39. The van der Waals surface area contributed by atoms with Crippen LogP contribution in [-0.4, -0.2) is 42.3 Å². The number of carbonyl (C=O) groups is 1. The number of ether oxygens (including phenoxy) is 1. The lowest BCUT2D eigenvalue weighted by Gasteiger charge is -2.31. The largest absolute Gasteiger partial charge is 0.491 e. The molecule has 1 saturated heterocycles. The minimum atomic E-state index is -0.0982. The number of rotatable bonds is 5. The van der Waals surface area contributed by atoms with E-state index in [0.717, 1.165) is 19.3 Å². The molecule has 2 amide bonds. The molecule has 116 valence electrons. The van der Waals surface area contributed by atoms with Crippen LogP contribution in [0.1, 0.15) is 26.2 Å². The number of likely N-dealkylation sites (tertiary alicyclic amines) is 1. The molecule has 1 aromatic rings. The highest BCUT2D eigenvalue weighted by Crippen LogP contribution is 2.25. The van der Waals surface area contributed by atoms with Crippen LogP contribution in [-0.2, 0) is 0 Å². The highest BCUT2D eigenvalue weighted by atomic mass is 16.5. The fourth-order valence-electron chi connectivity index (χ4n) is 2.42. The van der Waals surface area contributed by atoms with Crippen LogP contribution in [0.15, 0.2) is 24.3 Å². The van der Waals surface area contributed by atoms with Gasteiger partial charge in [0.2, 0.25) is 0 Å². The zero-order valence-corrected chi connectivity index (χ0v) is 12.5. The van der Waals surface area contributed by atoms with Crippen LogP contribution in [0.2, 0.25) is 0 Å². The van der Waals surface area contributed by atoms with Gasteiger partial charge in [0.1, 0.15) is 5.75 Å². The summed E-state index contributed by atoms with van der Waals surface area (Å²) in [6.07, 6.45) is 2.65. The van der Waals surface area contributed by atoms with Crippen molar-refractivity contribution in [3.05, 3.63) is 24.3 Å². The van der Waals surface area contributed by atoms with Gasteiger partial charge in [0.05, 0.1) is 12.3 Å². The second-order valence-electron chi connectivity index (χ2n) is 5.39. The average molecular weight is 292 g/mol. The highest BCUT2D eigenvalue weighted by Gasteiger charge is 2.22.